The molecule has 16 heteroatoms. The lowest BCUT2D eigenvalue weighted by atomic mass is 9.59. The Hall–Kier alpha value is -5.71. The molecule has 64 heavy (non-hydrogen) atoms. The second-order valence-electron chi connectivity index (χ2n) is 18.4. The number of nitrogens with zero attached hydrogens (tertiary/aromatic N) is 5. The van der Waals surface area contributed by atoms with Crippen molar-refractivity contribution in [3.05, 3.63) is 106 Å². The molecule has 1 saturated carbocycles. The molecule has 3 aromatic carbocycles. The van der Waals surface area contributed by atoms with Gasteiger partial charge in [0.2, 0.25) is 0 Å². The standard InChI is InChI=1S/C48H56N8O7S/c57-47(52-64(60,61)38-10-12-41(44(28-38)56(58)59)50-31-33-14-24-62-25-15-33)40-11-9-35(27-45(40)63-37-26-34-13-18-49-46(34)51-32-37)53-22-16-48(17-23-53)29-36(30-48)55-21-5-8-43(55)39-6-1-2-7-42(39)54-19-3-4-20-54/h1-2,6-7,9-13,18,26-28,32-33,36,43,50H,3-5,8,14-17,19-25,29-31H2,(H,49,51)(H,52,57). The Morgan fingerprint density at radius 2 is 1.72 bits per heavy atom. The van der Waals surface area contributed by atoms with Crippen molar-refractivity contribution in [3.63, 3.8) is 0 Å². The summed E-state index contributed by atoms with van der Waals surface area (Å²) in [5.41, 5.74) is 4.58. The lowest BCUT2D eigenvalue weighted by molar-refractivity contribution is -0.384. The third kappa shape index (κ3) is 8.62. The third-order valence-corrected chi connectivity index (χ3v) is 15.8. The molecule has 5 aromatic rings. The monoisotopic (exact) mass is 888 g/mol. The van der Waals surface area contributed by atoms with Gasteiger partial charge in [0.05, 0.1) is 21.6 Å². The highest BCUT2D eigenvalue weighted by atomic mass is 32.2. The molecular weight excluding hydrogens is 833 g/mol. The average Bonchev–Trinajstić information content (AvgIpc) is 4.11. The number of benzene rings is 3. The molecule has 1 amide bonds. The number of hydrogen-bond acceptors (Lipinski definition) is 12. The van der Waals surface area contributed by atoms with Gasteiger partial charge in [0.1, 0.15) is 22.8 Å². The summed E-state index contributed by atoms with van der Waals surface area (Å²) >= 11 is 0. The van der Waals surface area contributed by atoms with E-state index in [0.29, 0.717) is 48.7 Å². The van der Waals surface area contributed by atoms with E-state index in [2.05, 4.69) is 59.0 Å². The van der Waals surface area contributed by atoms with Crippen molar-refractivity contribution in [2.45, 2.75) is 81.2 Å². The molecule has 0 bridgehead atoms. The van der Waals surface area contributed by atoms with Gasteiger partial charge in [-0.2, -0.15) is 0 Å². The van der Waals surface area contributed by atoms with Crippen LogP contribution in [0.1, 0.15) is 86.2 Å². The van der Waals surface area contributed by atoms with Gasteiger partial charge in [-0.25, -0.2) is 18.1 Å². The first-order valence-corrected chi connectivity index (χ1v) is 24.4. The zero-order valence-electron chi connectivity index (χ0n) is 36.0. The first-order chi connectivity index (χ1) is 31.1. The van der Waals surface area contributed by atoms with Gasteiger partial charge >= 0.3 is 0 Å². The number of aromatic amines is 1. The molecular formula is C48H56N8O7S. The molecule has 5 fully saturated rings. The number of ether oxygens (including phenoxy) is 2. The number of para-hydroxylation sites is 1. The Labute approximate surface area is 373 Å². The summed E-state index contributed by atoms with van der Waals surface area (Å²) in [5.74, 6) is -0.104. The van der Waals surface area contributed by atoms with Crippen LogP contribution in [-0.2, 0) is 14.8 Å². The Bertz CT molecular complexity index is 2630. The number of hydrogen-bond donors (Lipinski definition) is 3. The van der Waals surface area contributed by atoms with E-state index in [1.807, 2.05) is 12.1 Å². The number of aromatic nitrogens is 2. The van der Waals surface area contributed by atoms with Crippen LogP contribution >= 0.6 is 0 Å². The quantitative estimate of drug-likeness (QED) is 0.0762. The van der Waals surface area contributed by atoms with E-state index in [1.54, 1.807) is 30.6 Å². The van der Waals surface area contributed by atoms with Gasteiger partial charge in [0, 0.05) is 93.1 Å². The van der Waals surface area contributed by atoms with E-state index in [9.17, 15) is 23.3 Å². The number of H-pyrrole nitrogens is 1. The van der Waals surface area contributed by atoms with E-state index in [0.717, 1.165) is 75.5 Å². The molecule has 0 radical (unpaired) electrons. The number of rotatable bonds is 13. The molecule has 1 aliphatic carbocycles. The number of nitro benzene ring substituents is 1. The average molecular weight is 889 g/mol. The highest BCUT2D eigenvalue weighted by Gasteiger charge is 2.50. The topological polar surface area (TPSA) is 175 Å². The van der Waals surface area contributed by atoms with Crippen molar-refractivity contribution in [1.29, 1.82) is 0 Å². The Kier molecular flexibility index (Phi) is 11.7. The van der Waals surface area contributed by atoms with Crippen molar-refractivity contribution in [2.75, 3.05) is 67.6 Å². The summed E-state index contributed by atoms with van der Waals surface area (Å²) in [5, 5.41) is 16.0. The van der Waals surface area contributed by atoms with Crippen molar-refractivity contribution in [2.24, 2.45) is 11.3 Å². The van der Waals surface area contributed by atoms with E-state index in [-0.39, 0.29) is 22.9 Å². The summed E-state index contributed by atoms with van der Waals surface area (Å²) in [7, 11) is -4.54. The molecule has 10 rings (SSSR count). The number of nitro groups is 1. The number of piperidine rings is 1. The predicted molar refractivity (Wildman–Crippen MR) is 246 cm³/mol. The van der Waals surface area contributed by atoms with Crippen molar-refractivity contribution < 1.29 is 27.6 Å². The second kappa shape index (κ2) is 17.7. The summed E-state index contributed by atoms with van der Waals surface area (Å²) in [6, 6.07) is 22.6. The van der Waals surface area contributed by atoms with E-state index < -0.39 is 31.4 Å². The highest BCUT2D eigenvalue weighted by Crippen LogP contribution is 2.54. The van der Waals surface area contributed by atoms with E-state index in [1.165, 1.54) is 61.9 Å². The number of fused-ring (bicyclic) bond motifs is 1. The van der Waals surface area contributed by atoms with Crippen LogP contribution in [0.2, 0.25) is 0 Å². The zero-order chi connectivity index (χ0) is 43.8. The van der Waals surface area contributed by atoms with Gasteiger partial charge in [0.25, 0.3) is 21.6 Å². The normalized spacial score (nSPS) is 20.7. The minimum absolute atomic E-state index is 0.00692. The summed E-state index contributed by atoms with van der Waals surface area (Å²) in [6.07, 6.45) is 14.5. The smallest absolute Gasteiger partial charge is 0.293 e. The number of sulfonamides is 1. The summed E-state index contributed by atoms with van der Waals surface area (Å²) in [6.45, 7) is 6.92. The van der Waals surface area contributed by atoms with Gasteiger partial charge in [-0.1, -0.05) is 18.2 Å². The van der Waals surface area contributed by atoms with Gasteiger partial charge in [0.15, 0.2) is 0 Å². The minimum Gasteiger partial charge on any atom is -0.455 e. The Morgan fingerprint density at radius 1 is 0.922 bits per heavy atom. The van der Waals surface area contributed by atoms with Crippen LogP contribution in [-0.4, -0.2) is 92.6 Å². The van der Waals surface area contributed by atoms with Crippen molar-refractivity contribution in [3.8, 4) is 11.5 Å². The third-order valence-electron chi connectivity index (χ3n) is 14.5. The molecule has 6 heterocycles. The largest absolute Gasteiger partial charge is 0.455 e. The van der Waals surface area contributed by atoms with Crippen molar-refractivity contribution >= 4 is 49.7 Å². The number of pyridine rings is 1. The highest BCUT2D eigenvalue weighted by molar-refractivity contribution is 7.90. The molecule has 4 aliphatic heterocycles. The van der Waals surface area contributed by atoms with Gasteiger partial charge < -0.3 is 29.6 Å². The number of nitrogens with one attached hydrogen (secondary N) is 3. The molecule has 336 valence electrons. The number of carbonyl (C=O) groups excluding carboxylic acids is 1. The second-order valence-corrected chi connectivity index (χ2v) is 20.1. The lowest BCUT2D eigenvalue weighted by Crippen LogP contribution is -2.55. The summed E-state index contributed by atoms with van der Waals surface area (Å²) in [4.78, 5) is 40.3. The Balaban J connectivity index is 0.836. The van der Waals surface area contributed by atoms with Crippen LogP contribution in [0.4, 0.5) is 22.7 Å². The summed E-state index contributed by atoms with van der Waals surface area (Å²) < 4.78 is 41.4. The Morgan fingerprint density at radius 3 is 2.52 bits per heavy atom. The predicted octanol–water partition coefficient (Wildman–Crippen LogP) is 8.41. The van der Waals surface area contributed by atoms with Crippen molar-refractivity contribution in [1.82, 2.24) is 19.6 Å². The maximum absolute atomic E-state index is 14.0. The maximum atomic E-state index is 14.0. The first kappa shape index (κ1) is 42.3. The van der Waals surface area contributed by atoms with Crippen LogP contribution in [0.5, 0.6) is 11.5 Å². The number of anilines is 3. The van der Waals surface area contributed by atoms with Crippen LogP contribution < -0.4 is 24.6 Å². The van der Waals surface area contributed by atoms with Crippen LogP contribution in [0.15, 0.2) is 90.1 Å². The SMILES string of the molecule is O=C(NS(=O)(=O)c1ccc(NCC2CCOCC2)c([N+](=O)[O-])c1)c1ccc(N2CCC3(CC2)CC(N2CCCC2c2ccccc2N2CCCC2)C3)cc1Oc1cnc2[nH]ccc2c1. The molecule has 4 saturated heterocycles. The fourth-order valence-electron chi connectivity index (χ4n) is 10.9. The van der Waals surface area contributed by atoms with Crippen LogP contribution in [0.25, 0.3) is 11.0 Å². The number of likely N-dealkylation sites (tertiary alicyclic amines) is 1. The first-order valence-electron chi connectivity index (χ1n) is 22.9. The zero-order valence-corrected chi connectivity index (χ0v) is 36.9. The van der Waals surface area contributed by atoms with Gasteiger partial charge in [-0.05, 0) is 130 Å². The molecule has 3 N–H and O–H groups in total. The molecule has 2 aromatic heterocycles. The molecule has 1 spiro atoms. The number of carbonyl (C=O) groups is 1. The lowest BCUT2D eigenvalue weighted by Gasteiger charge is -2.56. The fraction of sp³-hybridized carbons (Fsp3) is 0.458. The fourth-order valence-corrected chi connectivity index (χ4v) is 11.9. The maximum Gasteiger partial charge on any atom is 0.293 e. The van der Waals surface area contributed by atoms with Gasteiger partial charge in [-0.3, -0.25) is 19.8 Å². The number of amides is 1. The van der Waals surface area contributed by atoms with E-state index >= 15 is 0 Å². The minimum atomic E-state index is -4.54. The van der Waals surface area contributed by atoms with Crippen LogP contribution in [0.3, 0.4) is 0 Å². The molecule has 1 atom stereocenters. The molecule has 15 nitrogen and oxygen atoms in total. The van der Waals surface area contributed by atoms with E-state index in [4.69, 9.17) is 9.47 Å². The molecule has 5 aliphatic rings. The van der Waals surface area contributed by atoms with Gasteiger partial charge in [-0.15, -0.1) is 0 Å². The van der Waals surface area contributed by atoms with Crippen LogP contribution in [0, 0.1) is 21.4 Å². The molecule has 1 unspecified atom stereocenters.